The molecule has 3 rings (SSSR count). The fourth-order valence-electron chi connectivity index (χ4n) is 2.49. The van der Waals surface area contributed by atoms with Crippen LogP contribution in [0.25, 0.3) is 11.1 Å². The molecule has 0 atom stereocenters. The van der Waals surface area contributed by atoms with Crippen LogP contribution in [-0.2, 0) is 6.54 Å². The van der Waals surface area contributed by atoms with Gasteiger partial charge in [-0.2, -0.15) is 0 Å². The summed E-state index contributed by atoms with van der Waals surface area (Å²) >= 11 is 0. The van der Waals surface area contributed by atoms with E-state index in [1.807, 2.05) is 7.05 Å². The van der Waals surface area contributed by atoms with Crippen LogP contribution in [0, 0.1) is 6.92 Å². The Bertz CT molecular complexity index is 672. The molecule has 0 unspecified atom stereocenters. The molecule has 0 aliphatic heterocycles. The zero-order chi connectivity index (χ0) is 15.4. The van der Waals surface area contributed by atoms with Crippen LogP contribution in [-0.4, -0.2) is 19.0 Å². The first-order valence-corrected chi connectivity index (χ1v) is 7.88. The second-order valence-electron chi connectivity index (χ2n) is 5.91. The third-order valence-electron chi connectivity index (χ3n) is 3.88. The summed E-state index contributed by atoms with van der Waals surface area (Å²) in [6.07, 6.45) is 2.51. The Morgan fingerprint density at radius 2 is 1.82 bits per heavy atom. The molecule has 1 fully saturated rings. The summed E-state index contributed by atoms with van der Waals surface area (Å²) in [5, 5.41) is 6.79. The molecule has 0 saturated heterocycles. The van der Waals surface area contributed by atoms with E-state index >= 15 is 0 Å². The van der Waals surface area contributed by atoms with E-state index in [1.54, 1.807) is 0 Å². The molecule has 2 aromatic carbocycles. The number of aryl methyl sites for hydroxylation is 1. The number of rotatable bonds is 4. The normalized spacial score (nSPS) is 14.7. The Balaban J connectivity index is 1.68. The molecule has 22 heavy (non-hydrogen) atoms. The monoisotopic (exact) mass is 293 g/mol. The van der Waals surface area contributed by atoms with E-state index in [1.165, 1.54) is 35.1 Å². The fraction of sp³-hybridized carbons (Fsp3) is 0.316. The van der Waals surface area contributed by atoms with Crippen molar-refractivity contribution < 1.29 is 0 Å². The van der Waals surface area contributed by atoms with Gasteiger partial charge < -0.3 is 10.6 Å². The van der Waals surface area contributed by atoms with E-state index < -0.39 is 0 Å². The average molecular weight is 293 g/mol. The van der Waals surface area contributed by atoms with Gasteiger partial charge in [0.05, 0.1) is 0 Å². The summed E-state index contributed by atoms with van der Waals surface area (Å²) in [5.74, 6) is 0.892. The minimum Gasteiger partial charge on any atom is -0.354 e. The van der Waals surface area contributed by atoms with E-state index in [-0.39, 0.29) is 0 Å². The van der Waals surface area contributed by atoms with E-state index in [0.29, 0.717) is 6.04 Å². The highest BCUT2D eigenvalue weighted by molar-refractivity contribution is 5.80. The lowest BCUT2D eigenvalue weighted by Gasteiger charge is -2.12. The van der Waals surface area contributed by atoms with Gasteiger partial charge in [0.15, 0.2) is 5.96 Å². The van der Waals surface area contributed by atoms with Crippen molar-refractivity contribution >= 4 is 5.96 Å². The smallest absolute Gasteiger partial charge is 0.191 e. The van der Waals surface area contributed by atoms with Crippen LogP contribution in [0.4, 0.5) is 0 Å². The van der Waals surface area contributed by atoms with E-state index in [2.05, 4.69) is 71.1 Å². The summed E-state index contributed by atoms with van der Waals surface area (Å²) in [7, 11) is 1.82. The fourth-order valence-corrected chi connectivity index (χ4v) is 2.49. The second kappa shape index (κ2) is 6.65. The van der Waals surface area contributed by atoms with Crippen LogP contribution in [0.2, 0.25) is 0 Å². The van der Waals surface area contributed by atoms with Crippen molar-refractivity contribution in [2.24, 2.45) is 4.99 Å². The summed E-state index contributed by atoms with van der Waals surface area (Å²) in [6, 6.07) is 17.9. The highest BCUT2D eigenvalue weighted by Crippen LogP contribution is 2.21. The maximum Gasteiger partial charge on any atom is 0.191 e. The van der Waals surface area contributed by atoms with Gasteiger partial charge in [0.2, 0.25) is 0 Å². The molecule has 0 amide bonds. The summed E-state index contributed by atoms with van der Waals surface area (Å²) in [4.78, 5) is 4.27. The topological polar surface area (TPSA) is 36.4 Å². The first-order chi connectivity index (χ1) is 10.7. The molecule has 1 aliphatic carbocycles. The maximum atomic E-state index is 4.27. The van der Waals surface area contributed by atoms with Gasteiger partial charge in [-0.25, -0.2) is 0 Å². The Morgan fingerprint density at radius 1 is 1.09 bits per heavy atom. The second-order valence-corrected chi connectivity index (χ2v) is 5.91. The van der Waals surface area contributed by atoms with Crippen LogP contribution in [0.5, 0.6) is 0 Å². The van der Waals surface area contributed by atoms with Gasteiger partial charge in [-0.1, -0.05) is 48.0 Å². The first kappa shape index (κ1) is 14.6. The third-order valence-corrected chi connectivity index (χ3v) is 3.88. The van der Waals surface area contributed by atoms with Crippen molar-refractivity contribution in [1.82, 2.24) is 10.6 Å². The molecular weight excluding hydrogens is 270 g/mol. The lowest BCUT2D eigenvalue weighted by atomic mass is 10.0. The van der Waals surface area contributed by atoms with E-state index in [4.69, 9.17) is 0 Å². The zero-order valence-corrected chi connectivity index (χ0v) is 13.3. The number of hydrogen-bond donors (Lipinski definition) is 2. The molecule has 0 bridgehead atoms. The van der Waals surface area contributed by atoms with Crippen molar-refractivity contribution in [3.8, 4) is 11.1 Å². The number of hydrogen-bond acceptors (Lipinski definition) is 1. The largest absolute Gasteiger partial charge is 0.354 e. The Kier molecular flexibility index (Phi) is 4.42. The van der Waals surface area contributed by atoms with Gasteiger partial charge >= 0.3 is 0 Å². The molecule has 1 aliphatic rings. The predicted molar refractivity (Wildman–Crippen MR) is 93.0 cm³/mol. The number of benzene rings is 2. The predicted octanol–water partition coefficient (Wildman–Crippen LogP) is 3.49. The summed E-state index contributed by atoms with van der Waals surface area (Å²) in [6.45, 7) is 2.91. The molecular formula is C19H23N3. The molecule has 0 radical (unpaired) electrons. The number of nitrogens with one attached hydrogen (secondary N) is 2. The molecule has 0 heterocycles. The van der Waals surface area contributed by atoms with Gasteiger partial charge in [0, 0.05) is 19.6 Å². The number of aliphatic imine (C=N–C) groups is 1. The lowest BCUT2D eigenvalue weighted by Crippen LogP contribution is -2.38. The van der Waals surface area contributed by atoms with Crippen molar-refractivity contribution in [2.75, 3.05) is 7.05 Å². The Labute approximate surface area is 132 Å². The van der Waals surface area contributed by atoms with Crippen LogP contribution in [0.15, 0.2) is 53.5 Å². The minimum atomic E-state index is 0.616. The average Bonchev–Trinajstić information content (AvgIpc) is 3.36. The van der Waals surface area contributed by atoms with Crippen LogP contribution >= 0.6 is 0 Å². The molecule has 3 heteroatoms. The van der Waals surface area contributed by atoms with Crippen molar-refractivity contribution in [1.29, 1.82) is 0 Å². The minimum absolute atomic E-state index is 0.616. The molecule has 0 spiro atoms. The maximum absolute atomic E-state index is 4.27. The van der Waals surface area contributed by atoms with Crippen LogP contribution in [0.3, 0.4) is 0 Å². The highest BCUT2D eigenvalue weighted by Gasteiger charge is 2.21. The van der Waals surface area contributed by atoms with Gasteiger partial charge in [-0.15, -0.1) is 0 Å². The molecule has 2 aromatic rings. The van der Waals surface area contributed by atoms with Crippen molar-refractivity contribution in [2.45, 2.75) is 32.4 Å². The highest BCUT2D eigenvalue weighted by atomic mass is 15.2. The molecule has 1 saturated carbocycles. The summed E-state index contributed by atoms with van der Waals surface area (Å²) in [5.41, 5.74) is 5.07. The molecule has 3 nitrogen and oxygen atoms in total. The SMILES string of the molecule is CN=C(NCc1cccc(-c2cccc(C)c2)c1)NC1CC1. The first-order valence-electron chi connectivity index (χ1n) is 7.88. The molecule has 114 valence electrons. The number of guanidine groups is 1. The van der Waals surface area contributed by atoms with Crippen LogP contribution < -0.4 is 10.6 Å². The van der Waals surface area contributed by atoms with Gasteiger partial charge in [-0.05, 0) is 42.5 Å². The van der Waals surface area contributed by atoms with Crippen LogP contribution in [0.1, 0.15) is 24.0 Å². The quantitative estimate of drug-likeness (QED) is 0.669. The van der Waals surface area contributed by atoms with Gasteiger partial charge in [-0.3, -0.25) is 4.99 Å². The Morgan fingerprint density at radius 3 is 2.50 bits per heavy atom. The molecule has 0 aromatic heterocycles. The van der Waals surface area contributed by atoms with Gasteiger partial charge in [0.1, 0.15) is 0 Å². The standard InChI is InChI=1S/C19H23N3/c1-14-5-3-7-16(11-14)17-8-4-6-15(12-17)13-21-19(20-2)22-18-9-10-18/h3-8,11-12,18H,9-10,13H2,1-2H3,(H2,20,21,22). The van der Waals surface area contributed by atoms with Crippen molar-refractivity contribution in [3.05, 3.63) is 59.7 Å². The van der Waals surface area contributed by atoms with Crippen molar-refractivity contribution in [3.63, 3.8) is 0 Å². The van der Waals surface area contributed by atoms with E-state index in [9.17, 15) is 0 Å². The van der Waals surface area contributed by atoms with Gasteiger partial charge in [0.25, 0.3) is 0 Å². The number of nitrogens with zero attached hydrogens (tertiary/aromatic N) is 1. The molecule has 2 N–H and O–H groups in total. The third kappa shape index (κ3) is 3.88. The zero-order valence-electron chi connectivity index (χ0n) is 13.3. The summed E-state index contributed by atoms with van der Waals surface area (Å²) < 4.78 is 0. The Hall–Kier alpha value is -2.29. The lowest BCUT2D eigenvalue weighted by molar-refractivity contribution is 0.805. The van der Waals surface area contributed by atoms with E-state index in [0.717, 1.165) is 12.5 Å².